The third kappa shape index (κ3) is 4.52. The molecule has 4 rings (SSSR count). The summed E-state index contributed by atoms with van der Waals surface area (Å²) in [4.78, 5) is 13.0. The van der Waals surface area contributed by atoms with Gasteiger partial charge in [0.1, 0.15) is 5.69 Å². The third-order valence-corrected chi connectivity index (χ3v) is 8.16. The first-order chi connectivity index (χ1) is 15.9. The van der Waals surface area contributed by atoms with Crippen molar-refractivity contribution >= 4 is 37.3 Å². The molecule has 2 aromatic carbocycles. The standard InChI is InChI=1S/C25H28BrN3O4S/c1-25(2,3)27-21-13-17(14-28(4)24(21)31)19-6-5-7-22(20(19)15-30)29-11-10-16-12-18(26)8-9-23(16)34(29,32)33/h5-9,12-14,27,30H,10-11,15H2,1-4H3. The lowest BCUT2D eigenvalue weighted by atomic mass is 9.98. The Bertz CT molecular complexity index is 1430. The Hall–Kier alpha value is -2.62. The van der Waals surface area contributed by atoms with Crippen LogP contribution in [0.2, 0.25) is 0 Å². The van der Waals surface area contributed by atoms with Crippen molar-refractivity contribution in [1.29, 1.82) is 0 Å². The van der Waals surface area contributed by atoms with Crippen molar-refractivity contribution in [1.82, 2.24) is 4.57 Å². The van der Waals surface area contributed by atoms with Gasteiger partial charge in [-0.15, -0.1) is 0 Å². The van der Waals surface area contributed by atoms with Crippen LogP contribution in [-0.4, -0.2) is 30.2 Å². The van der Waals surface area contributed by atoms with Gasteiger partial charge in [0.25, 0.3) is 15.6 Å². The van der Waals surface area contributed by atoms with Crippen molar-refractivity contribution in [3.63, 3.8) is 0 Å². The van der Waals surface area contributed by atoms with Gasteiger partial charge >= 0.3 is 0 Å². The van der Waals surface area contributed by atoms with Gasteiger partial charge in [-0.2, -0.15) is 0 Å². The van der Waals surface area contributed by atoms with Crippen LogP contribution in [0.1, 0.15) is 31.9 Å². The quantitative estimate of drug-likeness (QED) is 0.510. The number of aliphatic hydroxyl groups is 1. The Balaban J connectivity index is 1.86. The summed E-state index contributed by atoms with van der Waals surface area (Å²) in [7, 11) is -2.12. The van der Waals surface area contributed by atoms with Gasteiger partial charge in [-0.1, -0.05) is 28.1 Å². The molecule has 0 saturated carbocycles. The zero-order valence-electron chi connectivity index (χ0n) is 19.6. The lowest BCUT2D eigenvalue weighted by molar-refractivity contribution is 0.283. The minimum Gasteiger partial charge on any atom is -0.392 e. The first-order valence-electron chi connectivity index (χ1n) is 11.0. The van der Waals surface area contributed by atoms with E-state index >= 15 is 0 Å². The highest BCUT2D eigenvalue weighted by Crippen LogP contribution is 2.38. The number of aliphatic hydroxyl groups excluding tert-OH is 1. The second-order valence-corrected chi connectivity index (χ2v) is 12.2. The predicted octanol–water partition coefficient (Wildman–Crippen LogP) is 4.27. The maximum Gasteiger partial charge on any atom is 0.273 e. The number of fused-ring (bicyclic) bond motifs is 1. The van der Waals surface area contributed by atoms with E-state index in [-0.39, 0.29) is 29.1 Å². The Morgan fingerprint density at radius 1 is 1.15 bits per heavy atom. The maximum absolute atomic E-state index is 13.5. The molecule has 0 fully saturated rings. The molecule has 0 spiro atoms. The van der Waals surface area contributed by atoms with Gasteiger partial charge in [0.15, 0.2) is 0 Å². The molecule has 1 aliphatic heterocycles. The summed E-state index contributed by atoms with van der Waals surface area (Å²) in [5.74, 6) is 0. The fourth-order valence-electron chi connectivity index (χ4n) is 4.30. The average molecular weight is 546 g/mol. The van der Waals surface area contributed by atoms with Crippen LogP contribution in [0.25, 0.3) is 11.1 Å². The molecule has 2 N–H and O–H groups in total. The molecule has 0 amide bonds. The van der Waals surface area contributed by atoms with E-state index in [2.05, 4.69) is 21.2 Å². The number of hydrogen-bond donors (Lipinski definition) is 2. The Labute approximate surface area is 208 Å². The zero-order chi connectivity index (χ0) is 24.8. The molecule has 2 heterocycles. The number of pyridine rings is 1. The number of sulfonamides is 1. The summed E-state index contributed by atoms with van der Waals surface area (Å²) in [6.07, 6.45) is 2.26. The van der Waals surface area contributed by atoms with Gasteiger partial charge in [0.2, 0.25) is 0 Å². The van der Waals surface area contributed by atoms with Crippen molar-refractivity contribution in [3.8, 4) is 11.1 Å². The van der Waals surface area contributed by atoms with Gasteiger partial charge in [-0.25, -0.2) is 8.42 Å². The van der Waals surface area contributed by atoms with Gasteiger partial charge < -0.3 is 15.0 Å². The summed E-state index contributed by atoms with van der Waals surface area (Å²) >= 11 is 3.41. The number of anilines is 2. The molecule has 1 aromatic heterocycles. The lowest BCUT2D eigenvalue weighted by Crippen LogP contribution is -2.38. The van der Waals surface area contributed by atoms with Crippen molar-refractivity contribution < 1.29 is 13.5 Å². The molecule has 34 heavy (non-hydrogen) atoms. The first-order valence-corrected chi connectivity index (χ1v) is 13.2. The molecule has 0 atom stereocenters. The molecule has 0 aliphatic carbocycles. The molecule has 180 valence electrons. The van der Waals surface area contributed by atoms with Crippen LogP contribution in [0.15, 0.2) is 62.8 Å². The average Bonchev–Trinajstić information content (AvgIpc) is 2.75. The number of halogens is 1. The summed E-state index contributed by atoms with van der Waals surface area (Å²) in [5, 5.41) is 13.6. The van der Waals surface area contributed by atoms with E-state index in [4.69, 9.17) is 0 Å². The highest BCUT2D eigenvalue weighted by atomic mass is 79.9. The highest BCUT2D eigenvalue weighted by molar-refractivity contribution is 9.10. The number of benzene rings is 2. The molecule has 9 heteroatoms. The lowest BCUT2D eigenvalue weighted by Gasteiger charge is -2.32. The van der Waals surface area contributed by atoms with Crippen LogP contribution in [0.5, 0.6) is 0 Å². The third-order valence-electron chi connectivity index (χ3n) is 5.76. The minimum absolute atomic E-state index is 0.165. The number of rotatable bonds is 4. The maximum atomic E-state index is 13.5. The van der Waals surface area contributed by atoms with Gasteiger partial charge in [0.05, 0.1) is 17.2 Å². The Morgan fingerprint density at radius 3 is 2.56 bits per heavy atom. The zero-order valence-corrected chi connectivity index (χ0v) is 22.0. The SMILES string of the molecule is Cn1cc(-c2cccc(N3CCc4cc(Br)ccc4S3(=O)=O)c2CO)cc(NC(C)(C)C)c1=O. The Morgan fingerprint density at radius 2 is 1.88 bits per heavy atom. The smallest absolute Gasteiger partial charge is 0.273 e. The van der Waals surface area contributed by atoms with Crippen LogP contribution in [0.3, 0.4) is 0 Å². The number of aryl methyl sites for hydroxylation is 1. The molecule has 7 nitrogen and oxygen atoms in total. The number of nitrogens with one attached hydrogen (secondary N) is 1. The monoisotopic (exact) mass is 545 g/mol. The van der Waals surface area contributed by atoms with Crippen LogP contribution in [-0.2, 0) is 30.1 Å². The number of aromatic nitrogens is 1. The van der Waals surface area contributed by atoms with Crippen molar-refractivity contribution in [3.05, 3.63) is 74.6 Å². The van der Waals surface area contributed by atoms with Crippen molar-refractivity contribution in [2.24, 2.45) is 7.05 Å². The highest BCUT2D eigenvalue weighted by Gasteiger charge is 2.33. The molecule has 0 saturated heterocycles. The van der Waals surface area contributed by atoms with E-state index in [9.17, 15) is 18.3 Å². The molecular formula is C25H28BrN3O4S. The topological polar surface area (TPSA) is 91.6 Å². The Kier molecular flexibility index (Phi) is 6.39. The predicted molar refractivity (Wildman–Crippen MR) is 139 cm³/mol. The van der Waals surface area contributed by atoms with Crippen LogP contribution in [0.4, 0.5) is 11.4 Å². The molecule has 0 radical (unpaired) electrons. The summed E-state index contributed by atoms with van der Waals surface area (Å²) in [5.41, 5.74) is 3.02. The van der Waals surface area contributed by atoms with E-state index in [1.807, 2.05) is 32.9 Å². The van der Waals surface area contributed by atoms with Gasteiger partial charge in [-0.3, -0.25) is 9.10 Å². The summed E-state index contributed by atoms with van der Waals surface area (Å²) < 4.78 is 30.7. The van der Waals surface area contributed by atoms with E-state index in [0.29, 0.717) is 34.5 Å². The largest absolute Gasteiger partial charge is 0.392 e. The second-order valence-electron chi connectivity index (χ2n) is 9.47. The number of hydrogen-bond acceptors (Lipinski definition) is 5. The molecule has 1 aliphatic rings. The van der Waals surface area contributed by atoms with E-state index in [0.717, 1.165) is 10.0 Å². The van der Waals surface area contributed by atoms with Crippen LogP contribution in [0, 0.1) is 0 Å². The fourth-order valence-corrected chi connectivity index (χ4v) is 6.44. The van der Waals surface area contributed by atoms with Gasteiger partial charge in [-0.05, 0) is 68.7 Å². The summed E-state index contributed by atoms with van der Waals surface area (Å²) in [6.45, 7) is 5.82. The molecule has 3 aromatic rings. The number of nitrogens with zero attached hydrogens (tertiary/aromatic N) is 2. The molecule has 0 unspecified atom stereocenters. The molecule has 0 bridgehead atoms. The first kappa shape index (κ1) is 24.5. The van der Waals surface area contributed by atoms with Crippen LogP contribution < -0.4 is 15.2 Å². The molecular weight excluding hydrogens is 518 g/mol. The van der Waals surface area contributed by atoms with Crippen LogP contribution >= 0.6 is 15.9 Å². The second kappa shape index (κ2) is 8.87. The van der Waals surface area contributed by atoms with E-state index in [1.165, 1.54) is 8.87 Å². The van der Waals surface area contributed by atoms with E-state index < -0.39 is 10.0 Å². The summed E-state index contributed by atoms with van der Waals surface area (Å²) in [6, 6.07) is 12.2. The minimum atomic E-state index is -3.80. The van der Waals surface area contributed by atoms with Crippen molar-refractivity contribution in [2.45, 2.75) is 44.2 Å². The van der Waals surface area contributed by atoms with Gasteiger partial charge in [0, 0.05) is 40.9 Å². The fraction of sp³-hybridized carbons (Fsp3) is 0.320. The normalized spacial score (nSPS) is 15.2. The van der Waals surface area contributed by atoms with E-state index in [1.54, 1.807) is 43.6 Å². The van der Waals surface area contributed by atoms with Crippen molar-refractivity contribution in [2.75, 3.05) is 16.2 Å².